The molecule has 0 aromatic carbocycles. The molecule has 0 atom stereocenters. The number of anilines is 1. The molecular formula is C18H19N7OS. The van der Waals surface area contributed by atoms with Gasteiger partial charge < -0.3 is 9.40 Å². The molecule has 0 fully saturated rings. The smallest absolute Gasteiger partial charge is 0.191 e. The van der Waals surface area contributed by atoms with Crippen molar-refractivity contribution in [2.24, 2.45) is 0 Å². The van der Waals surface area contributed by atoms with E-state index in [0.29, 0.717) is 5.75 Å². The Labute approximate surface area is 161 Å². The minimum Gasteiger partial charge on any atom is -0.361 e. The van der Waals surface area contributed by atoms with Crippen molar-refractivity contribution in [3.8, 4) is 11.4 Å². The van der Waals surface area contributed by atoms with Crippen LogP contribution in [0.15, 0.2) is 60.0 Å². The fourth-order valence-electron chi connectivity index (χ4n) is 2.68. The van der Waals surface area contributed by atoms with E-state index in [1.54, 1.807) is 35.5 Å². The largest absolute Gasteiger partial charge is 0.361 e. The van der Waals surface area contributed by atoms with Crippen LogP contribution in [0.5, 0.6) is 0 Å². The number of aromatic nitrogens is 5. The minimum atomic E-state index is 0.641. The van der Waals surface area contributed by atoms with Crippen LogP contribution in [0.4, 0.5) is 5.69 Å². The standard InChI is InChI=1S/C18H19N7OS/c1-3-24-17(14-4-7-19-8-5-14)22-23-18(24)27-12-16-11-21-25(26-16)15-6-9-20-13(2)10-15/h4-11,21H,3,12H2,1-2H3. The third kappa shape index (κ3) is 3.72. The Morgan fingerprint density at radius 1 is 1.15 bits per heavy atom. The van der Waals surface area contributed by atoms with Crippen LogP contribution in [0.2, 0.25) is 0 Å². The van der Waals surface area contributed by atoms with Crippen LogP contribution in [-0.2, 0) is 11.4 Å². The van der Waals surface area contributed by atoms with Gasteiger partial charge in [0, 0.05) is 36.4 Å². The van der Waals surface area contributed by atoms with Crippen molar-refractivity contribution < 1.29 is 4.84 Å². The second kappa shape index (κ2) is 7.67. The molecule has 9 heteroatoms. The molecule has 0 radical (unpaired) electrons. The first-order valence-corrected chi connectivity index (χ1v) is 9.55. The zero-order valence-corrected chi connectivity index (χ0v) is 15.8. The summed E-state index contributed by atoms with van der Waals surface area (Å²) in [6, 6.07) is 7.71. The van der Waals surface area contributed by atoms with E-state index in [4.69, 9.17) is 4.84 Å². The molecule has 1 aliphatic heterocycles. The summed E-state index contributed by atoms with van der Waals surface area (Å²) in [6.45, 7) is 4.81. The predicted molar refractivity (Wildman–Crippen MR) is 103 cm³/mol. The molecule has 0 amide bonds. The van der Waals surface area contributed by atoms with Crippen molar-refractivity contribution in [1.82, 2.24) is 30.2 Å². The highest BCUT2D eigenvalue weighted by atomic mass is 32.2. The zero-order valence-electron chi connectivity index (χ0n) is 15.0. The molecule has 1 aliphatic rings. The minimum absolute atomic E-state index is 0.641. The SMILES string of the molecule is CCn1c(SCC2=CNN(c3ccnc(C)c3)O2)nnc1-c1ccncc1. The number of rotatable bonds is 6. The Kier molecular flexibility index (Phi) is 4.93. The van der Waals surface area contributed by atoms with Gasteiger partial charge in [-0.05, 0) is 38.1 Å². The van der Waals surface area contributed by atoms with Crippen molar-refractivity contribution in [3.63, 3.8) is 0 Å². The van der Waals surface area contributed by atoms with E-state index in [2.05, 4.69) is 37.1 Å². The van der Waals surface area contributed by atoms with Gasteiger partial charge in [0.25, 0.3) is 0 Å². The van der Waals surface area contributed by atoms with Crippen LogP contribution in [0.25, 0.3) is 11.4 Å². The molecule has 0 bridgehead atoms. The normalized spacial score (nSPS) is 13.3. The van der Waals surface area contributed by atoms with Gasteiger partial charge in [-0.25, -0.2) is 0 Å². The summed E-state index contributed by atoms with van der Waals surface area (Å²) in [7, 11) is 0. The quantitative estimate of drug-likeness (QED) is 0.653. The van der Waals surface area contributed by atoms with E-state index >= 15 is 0 Å². The van der Waals surface area contributed by atoms with Gasteiger partial charge >= 0.3 is 0 Å². The fraction of sp³-hybridized carbons (Fsp3) is 0.222. The second-order valence-electron chi connectivity index (χ2n) is 5.86. The third-order valence-corrected chi connectivity index (χ3v) is 4.97. The topological polar surface area (TPSA) is 81.0 Å². The van der Waals surface area contributed by atoms with Gasteiger partial charge in [-0.3, -0.25) is 15.4 Å². The van der Waals surface area contributed by atoms with Crippen molar-refractivity contribution in [1.29, 1.82) is 0 Å². The monoisotopic (exact) mass is 381 g/mol. The summed E-state index contributed by atoms with van der Waals surface area (Å²) in [5, 5.41) is 11.2. The molecule has 0 saturated carbocycles. The van der Waals surface area contributed by atoms with E-state index in [1.165, 1.54) is 0 Å². The van der Waals surface area contributed by atoms with Gasteiger partial charge in [0.05, 0.1) is 12.0 Å². The predicted octanol–water partition coefficient (Wildman–Crippen LogP) is 2.95. The van der Waals surface area contributed by atoms with Crippen molar-refractivity contribution in [2.75, 3.05) is 10.9 Å². The highest BCUT2D eigenvalue weighted by Gasteiger charge is 2.19. The van der Waals surface area contributed by atoms with Crippen molar-refractivity contribution in [2.45, 2.75) is 25.5 Å². The maximum atomic E-state index is 5.86. The zero-order chi connectivity index (χ0) is 18.6. The van der Waals surface area contributed by atoms with Gasteiger partial charge in [-0.15, -0.1) is 15.4 Å². The number of nitrogens with one attached hydrogen (secondary N) is 1. The molecule has 3 aromatic heterocycles. The lowest BCUT2D eigenvalue weighted by atomic mass is 10.2. The Hall–Kier alpha value is -3.07. The van der Waals surface area contributed by atoms with Gasteiger partial charge in [0.1, 0.15) is 5.69 Å². The lowest BCUT2D eigenvalue weighted by Crippen LogP contribution is -2.28. The summed E-state index contributed by atoms with van der Waals surface area (Å²) in [6.07, 6.45) is 7.12. The summed E-state index contributed by atoms with van der Waals surface area (Å²) in [5.74, 6) is 2.29. The molecule has 4 heterocycles. The van der Waals surface area contributed by atoms with Crippen LogP contribution in [-0.4, -0.2) is 30.5 Å². The first kappa shape index (κ1) is 17.3. The number of hydrogen-bond acceptors (Lipinski definition) is 8. The first-order chi connectivity index (χ1) is 13.2. The molecule has 27 heavy (non-hydrogen) atoms. The molecular weight excluding hydrogens is 362 g/mol. The number of nitrogens with zero attached hydrogens (tertiary/aromatic N) is 6. The van der Waals surface area contributed by atoms with E-state index in [0.717, 1.165) is 40.2 Å². The fourth-order valence-corrected chi connectivity index (χ4v) is 3.56. The molecule has 0 spiro atoms. The number of hydrogen-bond donors (Lipinski definition) is 1. The Morgan fingerprint density at radius 3 is 2.78 bits per heavy atom. The van der Waals surface area contributed by atoms with E-state index in [1.807, 2.05) is 37.4 Å². The molecule has 1 N–H and O–H groups in total. The average Bonchev–Trinajstić information content (AvgIpc) is 3.34. The van der Waals surface area contributed by atoms with E-state index < -0.39 is 0 Å². The number of pyridine rings is 2. The maximum absolute atomic E-state index is 5.86. The van der Waals surface area contributed by atoms with Gasteiger partial charge in [-0.1, -0.05) is 11.8 Å². The van der Waals surface area contributed by atoms with E-state index in [9.17, 15) is 0 Å². The lowest BCUT2D eigenvalue weighted by molar-refractivity contribution is 0.194. The van der Waals surface area contributed by atoms with Gasteiger partial charge in [0.15, 0.2) is 16.7 Å². The lowest BCUT2D eigenvalue weighted by Gasteiger charge is -2.17. The van der Waals surface area contributed by atoms with Crippen LogP contribution in [0, 0.1) is 6.92 Å². The van der Waals surface area contributed by atoms with E-state index in [-0.39, 0.29) is 0 Å². The molecule has 0 aliphatic carbocycles. The second-order valence-corrected chi connectivity index (χ2v) is 6.80. The Morgan fingerprint density at radius 2 is 2.00 bits per heavy atom. The summed E-state index contributed by atoms with van der Waals surface area (Å²) in [5.41, 5.74) is 5.94. The summed E-state index contributed by atoms with van der Waals surface area (Å²) in [4.78, 5) is 14.1. The molecule has 138 valence electrons. The Bertz CT molecular complexity index is 957. The summed E-state index contributed by atoms with van der Waals surface area (Å²) < 4.78 is 2.09. The van der Waals surface area contributed by atoms with Crippen LogP contribution in [0.1, 0.15) is 12.6 Å². The number of aryl methyl sites for hydroxylation is 1. The average molecular weight is 381 g/mol. The molecule has 0 unspecified atom stereocenters. The van der Waals surface area contributed by atoms with Crippen LogP contribution in [0.3, 0.4) is 0 Å². The van der Waals surface area contributed by atoms with Gasteiger partial charge in [-0.2, -0.15) is 0 Å². The third-order valence-electron chi connectivity index (χ3n) is 3.98. The van der Waals surface area contributed by atoms with Gasteiger partial charge in [0.2, 0.25) is 0 Å². The van der Waals surface area contributed by atoms with Crippen molar-refractivity contribution in [3.05, 3.63) is 60.5 Å². The number of thioether (sulfide) groups is 1. The summed E-state index contributed by atoms with van der Waals surface area (Å²) >= 11 is 1.59. The molecule has 4 rings (SSSR count). The van der Waals surface area contributed by atoms with Crippen LogP contribution < -0.4 is 10.6 Å². The Balaban J connectivity index is 1.42. The van der Waals surface area contributed by atoms with Crippen LogP contribution >= 0.6 is 11.8 Å². The highest BCUT2D eigenvalue weighted by molar-refractivity contribution is 7.99. The molecule has 0 saturated heterocycles. The van der Waals surface area contributed by atoms with Crippen molar-refractivity contribution >= 4 is 17.4 Å². The highest BCUT2D eigenvalue weighted by Crippen LogP contribution is 2.27. The maximum Gasteiger partial charge on any atom is 0.191 e. The first-order valence-electron chi connectivity index (χ1n) is 8.57. The molecule has 8 nitrogen and oxygen atoms in total. The molecule has 3 aromatic rings. The number of hydrazine groups is 1.